The Hall–Kier alpha value is -2.05. The van der Waals surface area contributed by atoms with E-state index in [4.69, 9.17) is 32.7 Å². The summed E-state index contributed by atoms with van der Waals surface area (Å²) in [6.45, 7) is 3.83. The van der Waals surface area contributed by atoms with E-state index in [1.807, 2.05) is 6.92 Å². The zero-order valence-electron chi connectivity index (χ0n) is 14.8. The Balaban J connectivity index is 2.76. The molecule has 0 radical (unpaired) electrons. The van der Waals surface area contributed by atoms with E-state index >= 15 is 0 Å². The fourth-order valence-electron chi connectivity index (χ4n) is 2.48. The van der Waals surface area contributed by atoms with Crippen LogP contribution in [-0.2, 0) is 18.2 Å². The minimum Gasteiger partial charge on any atom is -0.434 e. The first-order valence-electron chi connectivity index (χ1n) is 8.29. The summed E-state index contributed by atoms with van der Waals surface area (Å²) in [4.78, 5) is 24.8. The molecule has 8 heteroatoms. The monoisotopic (exact) mass is 398 g/mol. The van der Waals surface area contributed by atoms with Crippen molar-refractivity contribution in [2.75, 3.05) is 6.61 Å². The highest BCUT2D eigenvalue weighted by molar-refractivity contribution is 6.39. The summed E-state index contributed by atoms with van der Waals surface area (Å²) in [6, 6.07) is 4.90. The van der Waals surface area contributed by atoms with Gasteiger partial charge in [0, 0.05) is 12.6 Å². The second-order valence-corrected chi connectivity index (χ2v) is 6.38. The lowest BCUT2D eigenvalue weighted by molar-refractivity contribution is 0.104. The van der Waals surface area contributed by atoms with Crippen LogP contribution in [0.5, 0.6) is 5.75 Å². The van der Waals surface area contributed by atoms with Crippen molar-refractivity contribution in [3.8, 4) is 16.9 Å². The van der Waals surface area contributed by atoms with Gasteiger partial charge >= 0.3 is 6.16 Å². The van der Waals surface area contributed by atoms with E-state index in [-0.39, 0.29) is 28.0 Å². The van der Waals surface area contributed by atoms with Gasteiger partial charge < -0.3 is 9.47 Å². The topological polar surface area (TPSA) is 70.4 Å². The van der Waals surface area contributed by atoms with Gasteiger partial charge in [-0.3, -0.25) is 4.79 Å². The number of nitrogens with zero attached hydrogens (tertiary/aromatic N) is 2. The molecule has 0 unspecified atom stereocenters. The summed E-state index contributed by atoms with van der Waals surface area (Å²) in [5, 5.41) is 4.80. The van der Waals surface area contributed by atoms with Crippen LogP contribution in [0, 0.1) is 0 Å². The zero-order chi connectivity index (χ0) is 19.3. The van der Waals surface area contributed by atoms with E-state index in [0.29, 0.717) is 17.7 Å². The number of hydrogen-bond acceptors (Lipinski definition) is 5. The zero-order valence-corrected chi connectivity index (χ0v) is 16.4. The van der Waals surface area contributed by atoms with Gasteiger partial charge in [0.15, 0.2) is 5.75 Å². The average molecular weight is 399 g/mol. The molecule has 0 aliphatic rings. The predicted molar refractivity (Wildman–Crippen MR) is 101 cm³/mol. The van der Waals surface area contributed by atoms with Crippen molar-refractivity contribution < 1.29 is 14.3 Å². The number of halogens is 2. The molecule has 6 nitrogen and oxygen atoms in total. The predicted octanol–water partition coefficient (Wildman–Crippen LogP) is 4.63. The summed E-state index contributed by atoms with van der Waals surface area (Å²) in [7, 11) is 1.53. The molecule has 1 aromatic heterocycles. The van der Waals surface area contributed by atoms with Crippen molar-refractivity contribution in [3.63, 3.8) is 0 Å². The third kappa shape index (κ3) is 4.37. The van der Waals surface area contributed by atoms with Crippen molar-refractivity contribution >= 4 is 29.4 Å². The Morgan fingerprint density at radius 1 is 1.19 bits per heavy atom. The minimum absolute atomic E-state index is 0.0370. The third-order valence-electron chi connectivity index (χ3n) is 3.70. The molecular formula is C18H20Cl2N2O4. The molecule has 1 aromatic carbocycles. The fourth-order valence-corrected chi connectivity index (χ4v) is 3.07. The molecule has 2 aromatic rings. The van der Waals surface area contributed by atoms with Crippen molar-refractivity contribution in [2.24, 2.45) is 7.05 Å². The van der Waals surface area contributed by atoms with Crippen LogP contribution in [0.25, 0.3) is 11.1 Å². The van der Waals surface area contributed by atoms with E-state index in [9.17, 15) is 9.59 Å². The van der Waals surface area contributed by atoms with E-state index in [1.54, 1.807) is 25.1 Å². The fraction of sp³-hybridized carbons (Fsp3) is 0.389. The first kappa shape index (κ1) is 20.3. The number of hydrogen-bond donors (Lipinski definition) is 0. The number of rotatable bonds is 6. The highest BCUT2D eigenvalue weighted by Crippen LogP contribution is 2.39. The summed E-state index contributed by atoms with van der Waals surface area (Å²) in [5.74, 6) is 0.0370. The molecule has 0 aliphatic heterocycles. The van der Waals surface area contributed by atoms with E-state index in [2.05, 4.69) is 5.10 Å². The van der Waals surface area contributed by atoms with Crippen molar-refractivity contribution in [2.45, 2.75) is 33.1 Å². The van der Waals surface area contributed by atoms with Crippen molar-refractivity contribution in [3.05, 3.63) is 44.3 Å². The van der Waals surface area contributed by atoms with E-state index in [1.165, 1.54) is 11.7 Å². The second kappa shape index (κ2) is 9.05. The molecule has 1 heterocycles. The average Bonchev–Trinajstić information content (AvgIpc) is 2.59. The molecule has 26 heavy (non-hydrogen) atoms. The molecular weight excluding hydrogens is 379 g/mol. The SMILES string of the molecule is CCCCc1nn(C)c(=O)c(-c2c(Cl)cccc2Cl)c1OC(=O)OCC. The molecule has 0 fully saturated rings. The van der Waals surface area contributed by atoms with Crippen molar-refractivity contribution in [1.29, 1.82) is 0 Å². The normalized spacial score (nSPS) is 10.7. The number of aryl methyl sites for hydroxylation is 2. The molecule has 0 bridgehead atoms. The summed E-state index contributed by atoms with van der Waals surface area (Å²) in [6.07, 6.45) is 1.32. The minimum atomic E-state index is -0.912. The number of carbonyl (C=O) groups excluding carboxylic acids is 1. The molecule has 0 N–H and O–H groups in total. The largest absolute Gasteiger partial charge is 0.513 e. The maximum atomic E-state index is 12.8. The van der Waals surface area contributed by atoms with Gasteiger partial charge in [0.25, 0.3) is 5.56 Å². The smallest absolute Gasteiger partial charge is 0.434 e. The highest BCUT2D eigenvalue weighted by Gasteiger charge is 2.25. The van der Waals surface area contributed by atoms with Gasteiger partial charge in [-0.2, -0.15) is 5.10 Å². The van der Waals surface area contributed by atoms with Crippen LogP contribution in [0.2, 0.25) is 10.0 Å². The Bertz CT molecular complexity index is 845. The van der Waals surface area contributed by atoms with Gasteiger partial charge in [-0.1, -0.05) is 42.6 Å². The van der Waals surface area contributed by atoms with Crippen LogP contribution in [0.3, 0.4) is 0 Å². The maximum Gasteiger partial charge on any atom is 0.513 e. The second-order valence-electron chi connectivity index (χ2n) is 5.56. The third-order valence-corrected chi connectivity index (χ3v) is 4.33. The number of unbranched alkanes of at least 4 members (excludes halogenated alkanes) is 1. The summed E-state index contributed by atoms with van der Waals surface area (Å²) in [5.41, 5.74) is 0.390. The van der Waals surface area contributed by atoms with Gasteiger partial charge in [0.1, 0.15) is 5.69 Å². The van der Waals surface area contributed by atoms with Gasteiger partial charge in [0.05, 0.1) is 22.2 Å². The van der Waals surface area contributed by atoms with Crippen LogP contribution >= 0.6 is 23.2 Å². The molecule has 0 aliphatic carbocycles. The Morgan fingerprint density at radius 3 is 2.42 bits per heavy atom. The lowest BCUT2D eigenvalue weighted by Crippen LogP contribution is -2.26. The Labute approximate surface area is 161 Å². The standard InChI is InChI=1S/C18H20Cl2N2O4/c1-4-6-10-13-16(26-18(24)25-5-2)15(17(23)22(3)21-13)14-11(19)8-7-9-12(14)20/h7-9H,4-6,10H2,1-3H3. The maximum absolute atomic E-state index is 12.8. The number of aromatic nitrogens is 2. The molecule has 0 spiro atoms. The molecule has 0 atom stereocenters. The Morgan fingerprint density at radius 2 is 1.85 bits per heavy atom. The highest BCUT2D eigenvalue weighted by atomic mass is 35.5. The van der Waals surface area contributed by atoms with Crippen molar-refractivity contribution in [1.82, 2.24) is 9.78 Å². The van der Waals surface area contributed by atoms with Crippen LogP contribution in [0.4, 0.5) is 4.79 Å². The van der Waals surface area contributed by atoms with Gasteiger partial charge in [-0.25, -0.2) is 9.48 Å². The molecule has 0 saturated carbocycles. The molecule has 0 amide bonds. The van der Waals surface area contributed by atoms with E-state index < -0.39 is 11.7 Å². The lowest BCUT2D eigenvalue weighted by atomic mass is 10.0. The summed E-state index contributed by atoms with van der Waals surface area (Å²) < 4.78 is 11.4. The van der Waals surface area contributed by atoms with Gasteiger partial charge in [0.2, 0.25) is 0 Å². The van der Waals surface area contributed by atoms with E-state index in [0.717, 1.165) is 12.8 Å². The van der Waals surface area contributed by atoms with Crippen LogP contribution in [-0.4, -0.2) is 22.5 Å². The molecule has 0 saturated heterocycles. The lowest BCUT2D eigenvalue weighted by Gasteiger charge is -2.16. The first-order chi connectivity index (χ1) is 12.4. The Kier molecular flexibility index (Phi) is 7.06. The quantitative estimate of drug-likeness (QED) is 0.663. The van der Waals surface area contributed by atoms with Crippen LogP contribution in [0.15, 0.2) is 23.0 Å². The number of ether oxygens (including phenoxy) is 2. The molecule has 2 rings (SSSR count). The van der Waals surface area contributed by atoms with Crippen LogP contribution in [0.1, 0.15) is 32.4 Å². The number of benzene rings is 1. The van der Waals surface area contributed by atoms with Crippen LogP contribution < -0.4 is 10.3 Å². The first-order valence-corrected chi connectivity index (χ1v) is 9.05. The van der Waals surface area contributed by atoms with Gasteiger partial charge in [-0.05, 0) is 31.9 Å². The molecule has 140 valence electrons. The summed E-state index contributed by atoms with van der Waals surface area (Å²) >= 11 is 12.6. The van der Waals surface area contributed by atoms with Gasteiger partial charge in [-0.15, -0.1) is 0 Å². The number of carbonyl (C=O) groups is 1.